The van der Waals surface area contributed by atoms with Gasteiger partial charge >= 0.3 is 0 Å². The van der Waals surface area contributed by atoms with Crippen LogP contribution in [-0.2, 0) is 17.7 Å². The van der Waals surface area contributed by atoms with Crippen LogP contribution in [0.1, 0.15) is 45.9 Å². The zero-order valence-corrected chi connectivity index (χ0v) is 20.7. The van der Waals surface area contributed by atoms with Crippen molar-refractivity contribution in [2.24, 2.45) is 0 Å². The van der Waals surface area contributed by atoms with Crippen molar-refractivity contribution in [3.63, 3.8) is 0 Å². The highest BCUT2D eigenvalue weighted by Gasteiger charge is 2.25. The van der Waals surface area contributed by atoms with E-state index in [9.17, 15) is 9.50 Å². The molecule has 34 heavy (non-hydrogen) atoms. The normalized spacial score (nSPS) is 12.6. The summed E-state index contributed by atoms with van der Waals surface area (Å²) in [6, 6.07) is 15.9. The summed E-state index contributed by atoms with van der Waals surface area (Å²) in [5.74, 6) is 0.977. The molecule has 184 valence electrons. The lowest BCUT2D eigenvalue weighted by molar-refractivity contribution is -0.0137. The molecule has 0 radical (unpaired) electrons. The minimum absolute atomic E-state index is 0.0636. The summed E-state index contributed by atoms with van der Waals surface area (Å²) in [5.41, 5.74) is 2.56. The number of benzene rings is 2. The van der Waals surface area contributed by atoms with Crippen LogP contribution in [0.3, 0.4) is 0 Å². The van der Waals surface area contributed by atoms with Gasteiger partial charge in [-0.2, -0.15) is 5.10 Å². The van der Waals surface area contributed by atoms with E-state index in [-0.39, 0.29) is 24.6 Å². The van der Waals surface area contributed by atoms with Crippen LogP contribution in [0.4, 0.5) is 4.39 Å². The summed E-state index contributed by atoms with van der Waals surface area (Å²) < 4.78 is 27.3. The van der Waals surface area contributed by atoms with Gasteiger partial charge in [-0.05, 0) is 70.5 Å². The van der Waals surface area contributed by atoms with Crippen LogP contribution in [0.15, 0.2) is 54.6 Å². The highest BCUT2D eigenvalue weighted by Crippen LogP contribution is 2.32. The molecular weight excluding hydrogens is 433 g/mol. The third kappa shape index (κ3) is 6.88. The lowest BCUT2D eigenvalue weighted by atomic mass is 10.1. The summed E-state index contributed by atoms with van der Waals surface area (Å²) in [5, 5.41) is 15.4. The molecule has 0 aliphatic heterocycles. The van der Waals surface area contributed by atoms with Gasteiger partial charge in [0.25, 0.3) is 0 Å². The first-order chi connectivity index (χ1) is 16.3. The van der Waals surface area contributed by atoms with Crippen LogP contribution < -0.4 is 4.74 Å². The van der Waals surface area contributed by atoms with E-state index in [1.807, 2.05) is 44.2 Å². The molecule has 0 unspecified atom stereocenters. The van der Waals surface area contributed by atoms with E-state index in [1.54, 1.807) is 16.8 Å². The van der Waals surface area contributed by atoms with Crippen molar-refractivity contribution < 1.29 is 19.0 Å². The second kappa shape index (κ2) is 12.1. The molecule has 0 aliphatic rings. The molecule has 0 bridgehead atoms. The van der Waals surface area contributed by atoms with Gasteiger partial charge in [-0.1, -0.05) is 25.1 Å². The number of para-hydroxylation sites is 1. The molecule has 3 rings (SSSR count). The number of aliphatic hydroxyl groups excluding tert-OH is 1. The molecule has 7 heteroatoms. The highest BCUT2D eigenvalue weighted by molar-refractivity contribution is 5.44. The minimum atomic E-state index is -0.611. The Balaban J connectivity index is 1.99. The molecular formula is C27H36FN3O3. The molecule has 6 nitrogen and oxygen atoms in total. The van der Waals surface area contributed by atoms with Crippen molar-refractivity contribution in [3.05, 3.63) is 71.7 Å². The molecule has 2 aromatic carbocycles. The van der Waals surface area contributed by atoms with Gasteiger partial charge in [0.2, 0.25) is 5.88 Å². The fourth-order valence-corrected chi connectivity index (χ4v) is 3.67. The fourth-order valence-electron chi connectivity index (χ4n) is 3.67. The molecule has 0 saturated heterocycles. The number of nitrogens with zero attached hydrogens (tertiary/aromatic N) is 3. The first-order valence-corrected chi connectivity index (χ1v) is 11.9. The Labute approximate surface area is 201 Å². The maximum Gasteiger partial charge on any atom is 0.227 e. The fraction of sp³-hybridized carbons (Fsp3) is 0.444. The minimum Gasteiger partial charge on any atom is -0.439 e. The van der Waals surface area contributed by atoms with Gasteiger partial charge in [-0.25, -0.2) is 9.07 Å². The predicted octanol–water partition coefficient (Wildman–Crippen LogP) is 5.36. The quantitative estimate of drug-likeness (QED) is 0.387. The second-order valence-corrected chi connectivity index (χ2v) is 8.95. The van der Waals surface area contributed by atoms with Gasteiger partial charge in [0, 0.05) is 19.1 Å². The van der Waals surface area contributed by atoms with Crippen LogP contribution in [0.25, 0.3) is 5.69 Å². The molecule has 0 amide bonds. The van der Waals surface area contributed by atoms with Crippen molar-refractivity contribution in [1.82, 2.24) is 14.7 Å². The SMILES string of the molecule is CCc1nn(-c2ccc(F)cc2)c(Oc2ccccc2)c1CN(C[C@@H](O)COC(C)C)C(C)C. The molecule has 0 aliphatic carbocycles. The zero-order chi connectivity index (χ0) is 24.7. The zero-order valence-electron chi connectivity index (χ0n) is 20.7. The molecule has 0 saturated carbocycles. The molecule has 1 aromatic heterocycles. The number of halogens is 1. The topological polar surface area (TPSA) is 59.8 Å². The number of rotatable bonds is 12. The summed E-state index contributed by atoms with van der Waals surface area (Å²) in [6.07, 6.45) is 0.161. The van der Waals surface area contributed by atoms with Gasteiger partial charge in [0.15, 0.2) is 0 Å². The van der Waals surface area contributed by atoms with E-state index >= 15 is 0 Å². The van der Waals surface area contributed by atoms with E-state index in [0.29, 0.717) is 31.1 Å². The van der Waals surface area contributed by atoms with Gasteiger partial charge in [-0.3, -0.25) is 4.90 Å². The Bertz CT molecular complexity index is 1020. The van der Waals surface area contributed by atoms with Crippen molar-refractivity contribution >= 4 is 0 Å². The number of aliphatic hydroxyl groups is 1. The standard InChI is InChI=1S/C27H36FN3O3/c1-6-26-25(17-30(19(2)3)16-23(32)18-33-20(4)5)27(34-24-10-8-7-9-11-24)31(29-26)22-14-12-21(28)13-15-22/h7-15,19-20,23,32H,6,16-18H2,1-5H3/t23-/m1/s1. The van der Waals surface area contributed by atoms with Crippen LogP contribution in [0.2, 0.25) is 0 Å². The second-order valence-electron chi connectivity index (χ2n) is 8.95. The smallest absolute Gasteiger partial charge is 0.227 e. The number of ether oxygens (including phenoxy) is 2. The third-order valence-corrected chi connectivity index (χ3v) is 5.54. The average molecular weight is 470 g/mol. The van der Waals surface area contributed by atoms with Gasteiger partial charge in [0.1, 0.15) is 11.6 Å². The number of aryl methyl sites for hydroxylation is 1. The largest absolute Gasteiger partial charge is 0.439 e. The first kappa shape index (κ1) is 25.9. The number of hydrogen-bond acceptors (Lipinski definition) is 5. The Morgan fingerprint density at radius 3 is 2.29 bits per heavy atom. The maximum absolute atomic E-state index is 13.6. The van der Waals surface area contributed by atoms with Crippen molar-refractivity contribution in [2.45, 2.75) is 65.8 Å². The highest BCUT2D eigenvalue weighted by atomic mass is 19.1. The predicted molar refractivity (Wildman–Crippen MR) is 132 cm³/mol. The van der Waals surface area contributed by atoms with Crippen molar-refractivity contribution in [2.75, 3.05) is 13.2 Å². The van der Waals surface area contributed by atoms with Gasteiger partial charge in [-0.15, -0.1) is 0 Å². The number of aromatic nitrogens is 2. The van der Waals surface area contributed by atoms with Crippen LogP contribution in [-0.4, -0.2) is 51.2 Å². The summed E-state index contributed by atoms with van der Waals surface area (Å²) in [7, 11) is 0. The lowest BCUT2D eigenvalue weighted by Gasteiger charge is -2.29. The van der Waals surface area contributed by atoms with Crippen LogP contribution in [0.5, 0.6) is 11.6 Å². The van der Waals surface area contributed by atoms with Crippen molar-refractivity contribution in [3.8, 4) is 17.3 Å². The van der Waals surface area contributed by atoms with Gasteiger partial charge < -0.3 is 14.6 Å². The van der Waals surface area contributed by atoms with E-state index in [0.717, 1.165) is 16.9 Å². The Morgan fingerprint density at radius 2 is 1.71 bits per heavy atom. The molecule has 0 fully saturated rings. The summed E-state index contributed by atoms with van der Waals surface area (Å²) in [4.78, 5) is 2.19. The average Bonchev–Trinajstić information content (AvgIpc) is 3.15. The van der Waals surface area contributed by atoms with Crippen LogP contribution >= 0.6 is 0 Å². The number of hydrogen-bond donors (Lipinski definition) is 1. The molecule has 1 N–H and O–H groups in total. The van der Waals surface area contributed by atoms with Crippen LogP contribution in [0, 0.1) is 5.82 Å². The molecule has 1 atom stereocenters. The van der Waals surface area contributed by atoms with E-state index in [4.69, 9.17) is 14.6 Å². The summed E-state index contributed by atoms with van der Waals surface area (Å²) >= 11 is 0. The first-order valence-electron chi connectivity index (χ1n) is 11.9. The monoisotopic (exact) mass is 469 g/mol. The van der Waals surface area contributed by atoms with Crippen molar-refractivity contribution in [1.29, 1.82) is 0 Å². The Morgan fingerprint density at radius 1 is 1.03 bits per heavy atom. The Hall–Kier alpha value is -2.74. The molecule has 1 heterocycles. The Kier molecular flexibility index (Phi) is 9.21. The molecule has 0 spiro atoms. The molecule has 3 aromatic rings. The maximum atomic E-state index is 13.6. The van der Waals surface area contributed by atoms with E-state index < -0.39 is 6.10 Å². The summed E-state index contributed by atoms with van der Waals surface area (Å²) in [6.45, 7) is 11.5. The van der Waals surface area contributed by atoms with Gasteiger partial charge in [0.05, 0.1) is 35.8 Å². The lowest BCUT2D eigenvalue weighted by Crippen LogP contribution is -2.39. The van der Waals surface area contributed by atoms with E-state index in [2.05, 4.69) is 25.7 Å². The third-order valence-electron chi connectivity index (χ3n) is 5.54. The van der Waals surface area contributed by atoms with E-state index in [1.165, 1.54) is 12.1 Å².